The minimum absolute atomic E-state index is 0.0507. The van der Waals surface area contributed by atoms with Gasteiger partial charge in [-0.1, -0.05) is 18.2 Å². The summed E-state index contributed by atoms with van der Waals surface area (Å²) < 4.78 is 7.14. The number of rotatable bonds is 6. The van der Waals surface area contributed by atoms with Gasteiger partial charge in [0.05, 0.1) is 19.1 Å². The van der Waals surface area contributed by atoms with Crippen LogP contribution in [0.4, 0.5) is 0 Å². The van der Waals surface area contributed by atoms with E-state index >= 15 is 0 Å². The van der Waals surface area contributed by atoms with Crippen LogP contribution in [-0.4, -0.2) is 52.0 Å². The van der Waals surface area contributed by atoms with Crippen LogP contribution in [-0.2, 0) is 16.0 Å². The van der Waals surface area contributed by atoms with Crippen LogP contribution in [0.3, 0.4) is 0 Å². The smallest absolute Gasteiger partial charge is 0.225 e. The molecule has 3 aromatic rings. The van der Waals surface area contributed by atoms with Crippen LogP contribution in [0.25, 0.3) is 5.65 Å². The summed E-state index contributed by atoms with van der Waals surface area (Å²) in [7, 11) is 3.37. The van der Waals surface area contributed by atoms with Crippen LogP contribution in [0.2, 0.25) is 0 Å². The van der Waals surface area contributed by atoms with Gasteiger partial charge in [-0.05, 0) is 36.2 Å². The van der Waals surface area contributed by atoms with Crippen molar-refractivity contribution in [2.75, 3.05) is 20.7 Å². The first-order valence-electron chi connectivity index (χ1n) is 10.0. The largest absolute Gasteiger partial charge is 0.497 e. The topological polar surface area (TPSA) is 88.8 Å². The lowest BCUT2D eigenvalue weighted by Gasteiger charge is -2.38. The van der Waals surface area contributed by atoms with Gasteiger partial charge in [-0.15, -0.1) is 10.2 Å². The Morgan fingerprint density at radius 3 is 2.77 bits per heavy atom. The molecule has 0 bridgehead atoms. The molecule has 4 rings (SSSR count). The number of pyridine rings is 1. The molecule has 8 heteroatoms. The van der Waals surface area contributed by atoms with Crippen molar-refractivity contribution in [1.29, 1.82) is 0 Å². The van der Waals surface area contributed by atoms with Crippen molar-refractivity contribution in [3.05, 3.63) is 60.0 Å². The van der Waals surface area contributed by atoms with Crippen LogP contribution >= 0.6 is 0 Å². The summed E-state index contributed by atoms with van der Waals surface area (Å²) in [6.07, 6.45) is 3.38. The highest BCUT2D eigenvalue weighted by Gasteiger charge is 2.38. The molecule has 2 unspecified atom stereocenters. The minimum atomic E-state index is -0.309. The predicted molar refractivity (Wildman–Crippen MR) is 111 cm³/mol. The predicted octanol–water partition coefficient (Wildman–Crippen LogP) is 2.01. The molecule has 1 saturated heterocycles. The lowest BCUT2D eigenvalue weighted by Crippen LogP contribution is -2.46. The molecular weight excluding hydrogens is 382 g/mol. The lowest BCUT2D eigenvalue weighted by atomic mass is 9.84. The average Bonchev–Trinajstić information content (AvgIpc) is 3.19. The number of carbonyl (C=O) groups excluding carboxylic acids is 2. The maximum absolute atomic E-state index is 13.0. The number of hydrogen-bond donors (Lipinski definition) is 1. The Balaban J connectivity index is 1.45. The lowest BCUT2D eigenvalue weighted by molar-refractivity contribution is -0.141. The van der Waals surface area contributed by atoms with Gasteiger partial charge in [0.1, 0.15) is 11.6 Å². The fourth-order valence-corrected chi connectivity index (χ4v) is 4.06. The standard InChI is InChI=1S/C22H25N5O3/c1-26-20(28)11-10-17(21(26)15-6-8-16(30-2)9-7-15)22(29)23-13-12-19-25-24-18-5-3-4-14-27(18)19/h3-9,14,17,21H,10-13H2,1-2H3,(H,23,29). The van der Waals surface area contributed by atoms with Gasteiger partial charge in [-0.25, -0.2) is 0 Å². The normalized spacial score (nSPS) is 19.1. The molecule has 0 aliphatic carbocycles. The van der Waals surface area contributed by atoms with Gasteiger partial charge in [0.25, 0.3) is 0 Å². The van der Waals surface area contributed by atoms with Gasteiger partial charge in [0.15, 0.2) is 5.65 Å². The van der Waals surface area contributed by atoms with Crippen molar-refractivity contribution in [1.82, 2.24) is 24.8 Å². The molecule has 1 aliphatic rings. The van der Waals surface area contributed by atoms with E-state index in [4.69, 9.17) is 4.74 Å². The zero-order valence-electron chi connectivity index (χ0n) is 17.1. The van der Waals surface area contributed by atoms with Crippen LogP contribution in [0, 0.1) is 5.92 Å². The average molecular weight is 407 g/mol. The highest BCUT2D eigenvalue weighted by molar-refractivity contribution is 5.84. The molecule has 2 aromatic heterocycles. The summed E-state index contributed by atoms with van der Waals surface area (Å²) in [5, 5.41) is 11.4. The Labute approximate surface area is 174 Å². The third kappa shape index (κ3) is 3.85. The zero-order chi connectivity index (χ0) is 21.1. The van der Waals surface area contributed by atoms with Gasteiger partial charge in [-0.2, -0.15) is 0 Å². The number of methoxy groups -OCH3 is 1. The third-order valence-electron chi connectivity index (χ3n) is 5.69. The quantitative estimate of drug-likeness (QED) is 0.675. The number of benzene rings is 1. The number of ether oxygens (including phenoxy) is 1. The number of aromatic nitrogens is 3. The van der Waals surface area contributed by atoms with Crippen molar-refractivity contribution in [2.45, 2.75) is 25.3 Å². The molecule has 0 radical (unpaired) electrons. The Hall–Kier alpha value is -3.42. The number of hydrogen-bond acceptors (Lipinski definition) is 5. The van der Waals surface area contributed by atoms with Crippen molar-refractivity contribution in [3.63, 3.8) is 0 Å². The van der Waals surface area contributed by atoms with Crippen LogP contribution in [0.5, 0.6) is 5.75 Å². The van der Waals surface area contributed by atoms with Crippen molar-refractivity contribution >= 4 is 17.5 Å². The molecule has 1 N–H and O–H groups in total. The van der Waals surface area contributed by atoms with Gasteiger partial charge in [0.2, 0.25) is 11.8 Å². The first kappa shape index (κ1) is 19.9. The van der Waals surface area contributed by atoms with Gasteiger partial charge >= 0.3 is 0 Å². The number of amides is 2. The number of likely N-dealkylation sites (tertiary alicyclic amines) is 1. The maximum atomic E-state index is 13.0. The van der Waals surface area contributed by atoms with E-state index < -0.39 is 0 Å². The molecule has 0 spiro atoms. The van der Waals surface area contributed by atoms with Crippen molar-refractivity contribution in [2.24, 2.45) is 5.92 Å². The highest BCUT2D eigenvalue weighted by Crippen LogP contribution is 2.36. The van der Waals surface area contributed by atoms with Gasteiger partial charge < -0.3 is 15.0 Å². The highest BCUT2D eigenvalue weighted by atomic mass is 16.5. The first-order chi connectivity index (χ1) is 14.6. The van der Waals surface area contributed by atoms with Gasteiger partial charge in [0, 0.05) is 32.6 Å². The zero-order valence-corrected chi connectivity index (χ0v) is 17.1. The van der Waals surface area contributed by atoms with E-state index in [-0.39, 0.29) is 23.8 Å². The summed E-state index contributed by atoms with van der Waals surface area (Å²) in [5.41, 5.74) is 1.71. The molecule has 8 nitrogen and oxygen atoms in total. The number of fused-ring (bicyclic) bond motifs is 1. The van der Waals surface area contributed by atoms with Crippen molar-refractivity contribution < 1.29 is 14.3 Å². The maximum Gasteiger partial charge on any atom is 0.225 e. The monoisotopic (exact) mass is 407 g/mol. The van der Waals surface area contributed by atoms with Crippen LogP contribution in [0.15, 0.2) is 48.7 Å². The van der Waals surface area contributed by atoms with E-state index in [1.165, 1.54) is 0 Å². The number of nitrogens with one attached hydrogen (secondary N) is 1. The second kappa shape index (κ2) is 8.52. The number of nitrogens with zero attached hydrogens (tertiary/aromatic N) is 4. The molecule has 30 heavy (non-hydrogen) atoms. The summed E-state index contributed by atoms with van der Waals surface area (Å²) in [5.74, 6) is 1.23. The Kier molecular flexibility index (Phi) is 5.65. The van der Waals surface area contributed by atoms with Crippen LogP contribution < -0.4 is 10.1 Å². The Morgan fingerprint density at radius 2 is 2.00 bits per heavy atom. The molecule has 2 amide bonds. The molecule has 2 atom stereocenters. The molecule has 1 fully saturated rings. The summed E-state index contributed by atoms with van der Waals surface area (Å²) in [6.45, 7) is 0.456. The molecular formula is C22H25N5O3. The second-order valence-electron chi connectivity index (χ2n) is 7.45. The summed E-state index contributed by atoms with van der Waals surface area (Å²) in [6, 6.07) is 13.0. The fourth-order valence-electron chi connectivity index (χ4n) is 4.06. The van der Waals surface area contributed by atoms with E-state index in [1.807, 2.05) is 53.1 Å². The van der Waals surface area contributed by atoms with Gasteiger partial charge in [-0.3, -0.25) is 14.0 Å². The molecule has 1 aliphatic heterocycles. The molecule has 156 valence electrons. The van der Waals surface area contributed by atoms with E-state index in [1.54, 1.807) is 19.1 Å². The third-order valence-corrected chi connectivity index (χ3v) is 5.69. The van der Waals surface area contributed by atoms with E-state index in [0.29, 0.717) is 25.8 Å². The molecule has 1 aromatic carbocycles. The fraction of sp³-hybridized carbons (Fsp3) is 0.364. The molecule has 0 saturated carbocycles. The minimum Gasteiger partial charge on any atom is -0.497 e. The number of piperidine rings is 1. The first-order valence-corrected chi connectivity index (χ1v) is 10.0. The Morgan fingerprint density at radius 1 is 1.20 bits per heavy atom. The SMILES string of the molecule is COc1ccc(C2C(C(=O)NCCc3nnc4ccccn34)CCC(=O)N2C)cc1. The number of carbonyl (C=O) groups is 2. The Bertz CT molecular complexity index is 1050. The van der Waals surface area contributed by atoms with E-state index in [9.17, 15) is 9.59 Å². The van der Waals surface area contributed by atoms with E-state index in [0.717, 1.165) is 22.8 Å². The van der Waals surface area contributed by atoms with Crippen LogP contribution in [0.1, 0.15) is 30.3 Å². The van der Waals surface area contributed by atoms with Crippen molar-refractivity contribution in [3.8, 4) is 5.75 Å². The summed E-state index contributed by atoms with van der Waals surface area (Å²) in [4.78, 5) is 27.0. The molecule has 3 heterocycles. The van der Waals surface area contributed by atoms with E-state index in [2.05, 4.69) is 15.5 Å². The second-order valence-corrected chi connectivity index (χ2v) is 7.45. The summed E-state index contributed by atoms with van der Waals surface area (Å²) >= 11 is 0.